The van der Waals surface area contributed by atoms with E-state index in [-0.39, 0.29) is 0 Å². The number of benzene rings is 1. The molecule has 1 aliphatic heterocycles. The lowest BCUT2D eigenvalue weighted by Crippen LogP contribution is -2.34. The molecule has 0 radical (unpaired) electrons. The van der Waals surface area contributed by atoms with Crippen LogP contribution in [0, 0.1) is 0 Å². The van der Waals surface area contributed by atoms with Crippen LogP contribution in [-0.2, 0) is 15.1 Å². The molecule has 2 rings (SSSR count). The number of hydrogen-bond donors (Lipinski definition) is 2. The third kappa shape index (κ3) is 2.34. The van der Waals surface area contributed by atoms with E-state index in [0.29, 0.717) is 5.69 Å². The van der Waals surface area contributed by atoms with Gasteiger partial charge in [-0.3, -0.25) is 10.1 Å². The molecule has 0 aromatic heterocycles. The van der Waals surface area contributed by atoms with Crippen molar-refractivity contribution in [1.29, 1.82) is 0 Å². The first-order valence-corrected chi connectivity index (χ1v) is 5.50. The Kier molecular flexibility index (Phi) is 2.82. The fraction of sp³-hybridized carbons (Fsp3) is 0.231. The Hall–Kier alpha value is -2.30. The lowest BCUT2D eigenvalue weighted by Gasteiger charge is -2.32. The van der Waals surface area contributed by atoms with Crippen LogP contribution in [0.4, 0.5) is 10.5 Å². The first-order valence-electron chi connectivity index (χ1n) is 5.50. The highest BCUT2D eigenvalue weighted by molar-refractivity contribution is 5.91. The van der Waals surface area contributed by atoms with Crippen LogP contribution in [0.2, 0.25) is 0 Å². The first kappa shape index (κ1) is 12.2. The molecular weight excluding hydrogens is 232 g/mol. The van der Waals surface area contributed by atoms with E-state index in [2.05, 4.69) is 5.32 Å². The van der Waals surface area contributed by atoms with Crippen molar-refractivity contribution >= 4 is 23.8 Å². The minimum absolute atomic E-state index is 0.465. The summed E-state index contributed by atoms with van der Waals surface area (Å²) in [5.41, 5.74) is 6.73. The molecule has 0 atom stereocenters. The normalized spacial score (nSPS) is 16.9. The zero-order valence-electron chi connectivity index (χ0n) is 10.2. The number of hydrogen-bond acceptors (Lipinski definition) is 3. The maximum atomic E-state index is 11.3. The molecule has 0 fully saturated rings. The molecule has 1 aromatic carbocycles. The summed E-state index contributed by atoms with van der Waals surface area (Å²) in [5, 5.41) is 2.63. The maximum Gasteiger partial charge on any atom is 0.412 e. The monoisotopic (exact) mass is 246 g/mol. The summed E-state index contributed by atoms with van der Waals surface area (Å²) >= 11 is 0. The standard InChI is InChI=1S/C13H14N2O3/c1-13(2)9-7-8(4-6-11(14)16)3-5-10(9)15-12(17)18-13/h3-7H,1-2H3,(H2,14,16)(H,15,17)/b6-4-. The molecule has 1 aliphatic rings. The summed E-state index contributed by atoms with van der Waals surface area (Å²) in [4.78, 5) is 22.0. The Balaban J connectivity index is 2.42. The van der Waals surface area contributed by atoms with Crippen LogP contribution in [0.1, 0.15) is 25.0 Å². The van der Waals surface area contributed by atoms with Crippen LogP contribution in [0.3, 0.4) is 0 Å². The van der Waals surface area contributed by atoms with Gasteiger partial charge < -0.3 is 10.5 Å². The third-order valence-electron chi connectivity index (χ3n) is 2.72. The topological polar surface area (TPSA) is 81.4 Å². The Morgan fingerprint density at radius 2 is 2.17 bits per heavy atom. The second kappa shape index (κ2) is 4.18. The van der Waals surface area contributed by atoms with Crippen molar-refractivity contribution in [2.45, 2.75) is 19.4 Å². The van der Waals surface area contributed by atoms with Crippen LogP contribution < -0.4 is 11.1 Å². The third-order valence-corrected chi connectivity index (χ3v) is 2.72. The average Bonchev–Trinajstić information content (AvgIpc) is 2.25. The van der Waals surface area contributed by atoms with E-state index in [9.17, 15) is 9.59 Å². The lowest BCUT2D eigenvalue weighted by atomic mass is 9.93. The minimum Gasteiger partial charge on any atom is -0.438 e. The molecule has 18 heavy (non-hydrogen) atoms. The van der Waals surface area contributed by atoms with E-state index in [4.69, 9.17) is 10.5 Å². The molecule has 0 bridgehead atoms. The van der Waals surface area contributed by atoms with Gasteiger partial charge in [0.25, 0.3) is 0 Å². The Morgan fingerprint density at radius 3 is 2.83 bits per heavy atom. The minimum atomic E-state index is -0.700. The fourth-order valence-corrected chi connectivity index (χ4v) is 1.87. The second-order valence-corrected chi connectivity index (χ2v) is 4.57. The fourth-order valence-electron chi connectivity index (χ4n) is 1.87. The Morgan fingerprint density at radius 1 is 1.44 bits per heavy atom. The van der Waals surface area contributed by atoms with Gasteiger partial charge in [-0.1, -0.05) is 6.07 Å². The number of rotatable bonds is 2. The van der Waals surface area contributed by atoms with Gasteiger partial charge >= 0.3 is 6.09 Å². The van der Waals surface area contributed by atoms with Crippen molar-refractivity contribution in [1.82, 2.24) is 0 Å². The number of anilines is 1. The number of ether oxygens (including phenoxy) is 1. The first-order chi connectivity index (χ1) is 8.38. The summed E-state index contributed by atoms with van der Waals surface area (Å²) in [6.07, 6.45) is 2.44. The maximum absolute atomic E-state index is 11.3. The number of amides is 2. The van der Waals surface area contributed by atoms with Gasteiger partial charge in [0.1, 0.15) is 5.60 Å². The molecular formula is C13H14N2O3. The number of cyclic esters (lactones) is 1. The molecule has 0 saturated heterocycles. The number of carbonyl (C=O) groups is 2. The van der Waals surface area contributed by atoms with Crippen LogP contribution in [0.5, 0.6) is 0 Å². The van der Waals surface area contributed by atoms with Gasteiger partial charge in [0, 0.05) is 11.6 Å². The predicted octanol–water partition coefficient (Wildman–Crippen LogP) is 1.98. The number of nitrogens with two attached hydrogens (primary N) is 1. The van der Waals surface area contributed by atoms with Crippen molar-refractivity contribution in [3.05, 3.63) is 35.4 Å². The highest BCUT2D eigenvalue weighted by Gasteiger charge is 2.33. The quantitative estimate of drug-likeness (QED) is 0.783. The second-order valence-electron chi connectivity index (χ2n) is 4.57. The summed E-state index contributed by atoms with van der Waals surface area (Å²) in [7, 11) is 0. The highest BCUT2D eigenvalue weighted by atomic mass is 16.6. The van der Waals surface area contributed by atoms with Gasteiger partial charge in [-0.2, -0.15) is 0 Å². The van der Waals surface area contributed by atoms with Crippen molar-refractivity contribution in [3.63, 3.8) is 0 Å². The van der Waals surface area contributed by atoms with Crippen LogP contribution in [0.15, 0.2) is 24.3 Å². The van der Waals surface area contributed by atoms with Gasteiger partial charge in [-0.25, -0.2) is 4.79 Å². The van der Waals surface area contributed by atoms with Gasteiger partial charge in [0.05, 0.1) is 5.69 Å². The summed E-state index contributed by atoms with van der Waals surface area (Å²) in [6.45, 7) is 3.62. The summed E-state index contributed by atoms with van der Waals surface area (Å²) < 4.78 is 5.21. The van der Waals surface area contributed by atoms with Gasteiger partial charge in [-0.15, -0.1) is 0 Å². The van der Waals surface area contributed by atoms with E-state index in [1.54, 1.807) is 18.2 Å². The average molecular weight is 246 g/mol. The molecule has 94 valence electrons. The van der Waals surface area contributed by atoms with Gasteiger partial charge in [0.2, 0.25) is 5.91 Å². The van der Waals surface area contributed by atoms with Crippen molar-refractivity contribution in [2.75, 3.05) is 5.32 Å². The summed E-state index contributed by atoms with van der Waals surface area (Å²) in [5.74, 6) is -0.503. The SMILES string of the molecule is CC1(C)OC(=O)Nc2ccc(/C=C\C(N)=O)cc21. The van der Waals surface area contributed by atoms with Crippen LogP contribution in [0.25, 0.3) is 6.08 Å². The smallest absolute Gasteiger partial charge is 0.412 e. The Bertz CT molecular complexity index is 547. The molecule has 0 unspecified atom stereocenters. The molecule has 0 spiro atoms. The number of primary amides is 1. The van der Waals surface area contributed by atoms with Crippen molar-refractivity contribution in [2.24, 2.45) is 5.73 Å². The van der Waals surface area contributed by atoms with Crippen molar-refractivity contribution < 1.29 is 14.3 Å². The van der Waals surface area contributed by atoms with Crippen LogP contribution in [-0.4, -0.2) is 12.0 Å². The van der Waals surface area contributed by atoms with E-state index in [1.807, 2.05) is 19.9 Å². The molecule has 2 amide bonds. The molecule has 0 saturated carbocycles. The molecule has 1 heterocycles. The zero-order chi connectivity index (χ0) is 13.3. The Labute approximate surface area is 105 Å². The van der Waals surface area contributed by atoms with Crippen molar-refractivity contribution in [3.8, 4) is 0 Å². The molecule has 5 nitrogen and oxygen atoms in total. The molecule has 5 heteroatoms. The number of nitrogens with one attached hydrogen (secondary N) is 1. The highest BCUT2D eigenvalue weighted by Crippen LogP contribution is 2.36. The molecule has 1 aromatic rings. The number of carbonyl (C=O) groups excluding carboxylic acids is 2. The van der Waals surface area contributed by atoms with Gasteiger partial charge in [0.15, 0.2) is 0 Å². The largest absolute Gasteiger partial charge is 0.438 e. The lowest BCUT2D eigenvalue weighted by molar-refractivity contribution is -0.113. The molecule has 3 N–H and O–H groups in total. The molecule has 0 aliphatic carbocycles. The van der Waals surface area contributed by atoms with Gasteiger partial charge in [-0.05, 0) is 37.6 Å². The number of fused-ring (bicyclic) bond motifs is 1. The predicted molar refractivity (Wildman–Crippen MR) is 67.8 cm³/mol. The van der Waals surface area contributed by atoms with E-state index in [1.165, 1.54) is 6.08 Å². The van der Waals surface area contributed by atoms with E-state index in [0.717, 1.165) is 11.1 Å². The van der Waals surface area contributed by atoms with E-state index < -0.39 is 17.6 Å². The zero-order valence-corrected chi connectivity index (χ0v) is 10.2. The van der Waals surface area contributed by atoms with Crippen LogP contribution >= 0.6 is 0 Å². The summed E-state index contributed by atoms with van der Waals surface area (Å²) in [6, 6.07) is 5.42. The van der Waals surface area contributed by atoms with E-state index >= 15 is 0 Å².